The van der Waals surface area contributed by atoms with Crippen LogP contribution in [0.2, 0.25) is 0 Å². The topological polar surface area (TPSA) is 49.3 Å². The quantitative estimate of drug-likeness (QED) is 0.805. The fraction of sp³-hybridized carbons (Fsp3) is 0.500. The van der Waals surface area contributed by atoms with Gasteiger partial charge in [0.2, 0.25) is 5.91 Å². The van der Waals surface area contributed by atoms with Gasteiger partial charge in [0.15, 0.2) is 0 Å². The predicted molar refractivity (Wildman–Crippen MR) is 76.7 cm³/mol. The number of carbonyl (C=O) groups is 1. The van der Waals surface area contributed by atoms with Crippen molar-refractivity contribution in [2.45, 2.75) is 25.4 Å². The molecule has 0 saturated carbocycles. The molecule has 0 bridgehead atoms. The average molecular weight is 285 g/mol. The van der Waals surface area contributed by atoms with Crippen molar-refractivity contribution in [2.75, 3.05) is 18.6 Å². The van der Waals surface area contributed by atoms with Gasteiger partial charge in [0.25, 0.3) is 0 Å². The molecule has 0 aliphatic carbocycles. The third-order valence-electron chi connectivity index (χ3n) is 2.70. The molecular weight excluding hydrogens is 265 g/mol. The Kier molecular flexibility index (Phi) is 6.31. The Morgan fingerprint density at radius 2 is 2.16 bits per heavy atom. The van der Waals surface area contributed by atoms with Gasteiger partial charge in [0.1, 0.15) is 5.82 Å². The van der Waals surface area contributed by atoms with Gasteiger partial charge in [-0.1, -0.05) is 18.2 Å². The summed E-state index contributed by atoms with van der Waals surface area (Å²) < 4.78 is 13.3. The lowest BCUT2D eigenvalue weighted by Crippen LogP contribution is -2.42. The van der Waals surface area contributed by atoms with Crippen LogP contribution in [0.5, 0.6) is 0 Å². The molecule has 1 aromatic carbocycles. The summed E-state index contributed by atoms with van der Waals surface area (Å²) >= 11 is 1.52. The molecule has 0 radical (unpaired) electrons. The van der Waals surface area contributed by atoms with E-state index in [9.17, 15) is 14.3 Å². The molecule has 2 N–H and O–H groups in total. The second kappa shape index (κ2) is 7.50. The van der Waals surface area contributed by atoms with Gasteiger partial charge in [-0.3, -0.25) is 4.79 Å². The lowest BCUT2D eigenvalue weighted by Gasteiger charge is -2.22. The minimum absolute atomic E-state index is 0.176. The number of nitrogens with one attached hydrogen (secondary N) is 1. The van der Waals surface area contributed by atoms with Crippen LogP contribution in [0.4, 0.5) is 4.39 Å². The number of rotatable bonds is 7. The number of hydrogen-bond acceptors (Lipinski definition) is 3. The fourth-order valence-electron chi connectivity index (χ4n) is 1.69. The van der Waals surface area contributed by atoms with E-state index in [4.69, 9.17) is 0 Å². The SMILES string of the molecule is CSC[C@](C)(O)CNC(=O)CCc1ccccc1F. The number of aliphatic hydroxyl groups is 1. The molecule has 1 rings (SSSR count). The summed E-state index contributed by atoms with van der Waals surface area (Å²) in [5.41, 5.74) is -0.374. The van der Waals surface area contributed by atoms with E-state index < -0.39 is 5.60 Å². The Morgan fingerprint density at radius 1 is 1.47 bits per heavy atom. The van der Waals surface area contributed by atoms with Crippen LogP contribution in [-0.2, 0) is 11.2 Å². The first-order chi connectivity index (χ1) is 8.94. The summed E-state index contributed by atoms with van der Waals surface area (Å²) in [5, 5.41) is 12.6. The minimum atomic E-state index is -0.910. The molecule has 1 amide bonds. The Morgan fingerprint density at radius 3 is 2.79 bits per heavy atom. The Hall–Kier alpha value is -1.07. The van der Waals surface area contributed by atoms with Crippen LogP contribution in [0.3, 0.4) is 0 Å². The van der Waals surface area contributed by atoms with Crippen molar-refractivity contribution in [1.82, 2.24) is 5.32 Å². The normalized spacial score (nSPS) is 13.9. The molecule has 1 aromatic rings. The van der Waals surface area contributed by atoms with Gasteiger partial charge in [0, 0.05) is 18.7 Å². The molecule has 5 heteroatoms. The van der Waals surface area contributed by atoms with E-state index in [1.165, 1.54) is 17.8 Å². The van der Waals surface area contributed by atoms with Crippen LogP contribution in [0.25, 0.3) is 0 Å². The van der Waals surface area contributed by atoms with Crippen molar-refractivity contribution >= 4 is 17.7 Å². The molecule has 19 heavy (non-hydrogen) atoms. The number of halogens is 1. The van der Waals surface area contributed by atoms with Crippen LogP contribution >= 0.6 is 11.8 Å². The van der Waals surface area contributed by atoms with Crippen molar-refractivity contribution < 1.29 is 14.3 Å². The summed E-state index contributed by atoms with van der Waals surface area (Å²) in [6, 6.07) is 6.43. The Labute approximate surface area is 117 Å². The van der Waals surface area contributed by atoms with Crippen LogP contribution < -0.4 is 5.32 Å². The van der Waals surface area contributed by atoms with Crippen LogP contribution in [-0.4, -0.2) is 35.2 Å². The van der Waals surface area contributed by atoms with Crippen LogP contribution in [0, 0.1) is 5.82 Å². The number of benzene rings is 1. The number of hydrogen-bond donors (Lipinski definition) is 2. The number of thioether (sulfide) groups is 1. The monoisotopic (exact) mass is 285 g/mol. The first-order valence-electron chi connectivity index (χ1n) is 6.16. The molecule has 1 atom stereocenters. The van der Waals surface area contributed by atoms with E-state index in [-0.39, 0.29) is 24.7 Å². The number of aryl methyl sites for hydroxylation is 1. The van der Waals surface area contributed by atoms with E-state index in [0.717, 1.165) is 0 Å². The van der Waals surface area contributed by atoms with Crippen LogP contribution in [0.15, 0.2) is 24.3 Å². The number of amides is 1. The average Bonchev–Trinajstić information content (AvgIpc) is 2.35. The zero-order valence-corrected chi connectivity index (χ0v) is 12.1. The van der Waals surface area contributed by atoms with Gasteiger partial charge < -0.3 is 10.4 Å². The summed E-state index contributed by atoms with van der Waals surface area (Å²) in [6.07, 6.45) is 2.48. The fourth-order valence-corrected chi connectivity index (χ4v) is 2.41. The summed E-state index contributed by atoms with van der Waals surface area (Å²) in [7, 11) is 0. The van der Waals surface area contributed by atoms with Gasteiger partial charge in [-0.25, -0.2) is 4.39 Å². The minimum Gasteiger partial charge on any atom is -0.387 e. The van der Waals surface area contributed by atoms with Crippen molar-refractivity contribution in [2.24, 2.45) is 0 Å². The zero-order valence-electron chi connectivity index (χ0n) is 11.3. The lowest BCUT2D eigenvalue weighted by molar-refractivity contribution is -0.122. The molecule has 3 nitrogen and oxygen atoms in total. The maximum atomic E-state index is 13.3. The highest BCUT2D eigenvalue weighted by Gasteiger charge is 2.20. The smallest absolute Gasteiger partial charge is 0.220 e. The van der Waals surface area contributed by atoms with Gasteiger partial charge in [-0.2, -0.15) is 11.8 Å². The summed E-state index contributed by atoms with van der Waals surface area (Å²) in [4.78, 5) is 11.6. The second-order valence-corrected chi connectivity index (χ2v) is 5.66. The van der Waals surface area contributed by atoms with Crippen molar-refractivity contribution in [3.8, 4) is 0 Å². The van der Waals surface area contributed by atoms with E-state index >= 15 is 0 Å². The van der Waals surface area contributed by atoms with Gasteiger partial charge in [0.05, 0.1) is 5.60 Å². The molecule has 0 aliphatic heterocycles. The van der Waals surface area contributed by atoms with Crippen molar-refractivity contribution in [1.29, 1.82) is 0 Å². The van der Waals surface area contributed by atoms with Gasteiger partial charge >= 0.3 is 0 Å². The van der Waals surface area contributed by atoms with E-state index in [0.29, 0.717) is 17.7 Å². The van der Waals surface area contributed by atoms with Crippen molar-refractivity contribution in [3.05, 3.63) is 35.6 Å². The van der Waals surface area contributed by atoms with Crippen LogP contribution in [0.1, 0.15) is 18.9 Å². The zero-order chi connectivity index (χ0) is 14.3. The highest BCUT2D eigenvalue weighted by atomic mass is 32.2. The maximum absolute atomic E-state index is 13.3. The standard InChI is InChI=1S/C14H20FNO2S/c1-14(18,10-19-2)9-16-13(17)8-7-11-5-3-4-6-12(11)15/h3-6,18H,7-10H2,1-2H3,(H,16,17)/t14-/m1/s1. The molecule has 0 aromatic heterocycles. The Bertz CT molecular complexity index is 424. The molecule has 0 spiro atoms. The molecule has 106 valence electrons. The molecular formula is C14H20FNO2S. The molecule has 0 aliphatic rings. The second-order valence-electron chi connectivity index (χ2n) is 4.80. The highest BCUT2D eigenvalue weighted by Crippen LogP contribution is 2.10. The summed E-state index contributed by atoms with van der Waals surface area (Å²) in [6.45, 7) is 1.89. The Balaban J connectivity index is 2.35. The molecule has 0 unspecified atom stereocenters. The predicted octanol–water partition coefficient (Wildman–Crippen LogP) is 1.99. The number of carbonyl (C=O) groups excluding carboxylic acids is 1. The third-order valence-corrected chi connectivity index (χ3v) is 3.61. The first kappa shape index (κ1) is 16.0. The molecule has 0 saturated heterocycles. The summed E-state index contributed by atoms with van der Waals surface area (Å²) in [5.74, 6) is 0.0925. The third kappa shape index (κ3) is 6.07. The molecule has 0 fully saturated rings. The largest absolute Gasteiger partial charge is 0.387 e. The molecule has 0 heterocycles. The van der Waals surface area contributed by atoms with Crippen molar-refractivity contribution in [3.63, 3.8) is 0 Å². The van der Waals surface area contributed by atoms with Gasteiger partial charge in [-0.05, 0) is 31.2 Å². The first-order valence-corrected chi connectivity index (χ1v) is 7.55. The van der Waals surface area contributed by atoms with E-state index in [2.05, 4.69) is 5.32 Å². The van der Waals surface area contributed by atoms with Gasteiger partial charge in [-0.15, -0.1) is 0 Å². The van der Waals surface area contributed by atoms with E-state index in [1.807, 2.05) is 6.26 Å². The lowest BCUT2D eigenvalue weighted by atomic mass is 10.1. The highest BCUT2D eigenvalue weighted by molar-refractivity contribution is 7.98. The maximum Gasteiger partial charge on any atom is 0.220 e. The van der Waals surface area contributed by atoms with E-state index in [1.54, 1.807) is 25.1 Å².